The van der Waals surface area contributed by atoms with Crippen LogP contribution in [0.25, 0.3) is 0 Å². The van der Waals surface area contributed by atoms with E-state index in [-0.39, 0.29) is 23.2 Å². The van der Waals surface area contributed by atoms with E-state index in [2.05, 4.69) is 22.1 Å². The van der Waals surface area contributed by atoms with Crippen LogP contribution in [0.5, 0.6) is 0 Å². The molecule has 0 aromatic heterocycles. The van der Waals surface area contributed by atoms with Crippen LogP contribution < -0.4 is 4.90 Å². The van der Waals surface area contributed by atoms with Crippen molar-refractivity contribution in [2.45, 2.75) is 76.0 Å². The van der Waals surface area contributed by atoms with Gasteiger partial charge < -0.3 is 14.7 Å². The standard InChI is InChI=1S/C29H43N3O5S/c1-3-4-23-37-29(34)12-8-7-9-21-32(2)27-17-13-25(14-18-27)30-31-26-15-19-28(20-16-26)38(35,36)24-11-6-5-10-22-33/h13-20,33H,3-12,21-24H2,1-2H3/b31-30+. The number of anilines is 1. The number of aliphatic hydroxyl groups is 1. The molecule has 38 heavy (non-hydrogen) atoms. The summed E-state index contributed by atoms with van der Waals surface area (Å²) in [5.74, 6) is 0.00666. The van der Waals surface area contributed by atoms with E-state index in [1.807, 2.05) is 31.3 Å². The highest BCUT2D eigenvalue weighted by molar-refractivity contribution is 7.91. The summed E-state index contributed by atoms with van der Waals surface area (Å²) in [5, 5.41) is 17.3. The predicted molar refractivity (Wildman–Crippen MR) is 152 cm³/mol. The number of rotatable bonds is 19. The van der Waals surface area contributed by atoms with Gasteiger partial charge in [0.15, 0.2) is 9.84 Å². The molecule has 9 heteroatoms. The van der Waals surface area contributed by atoms with E-state index in [1.165, 1.54) is 0 Å². The highest BCUT2D eigenvalue weighted by Crippen LogP contribution is 2.24. The van der Waals surface area contributed by atoms with Crippen LogP contribution in [-0.2, 0) is 19.4 Å². The molecule has 0 heterocycles. The molecule has 2 rings (SSSR count). The molecule has 0 unspecified atom stereocenters. The summed E-state index contributed by atoms with van der Waals surface area (Å²) in [5.41, 5.74) is 2.37. The zero-order valence-electron chi connectivity index (χ0n) is 22.8. The number of ether oxygens (including phenoxy) is 1. The number of benzene rings is 2. The molecule has 0 aliphatic heterocycles. The predicted octanol–water partition coefficient (Wildman–Crippen LogP) is 6.77. The number of nitrogens with zero attached hydrogens (tertiary/aromatic N) is 3. The first-order valence-electron chi connectivity index (χ1n) is 13.7. The van der Waals surface area contributed by atoms with Gasteiger partial charge in [-0.15, -0.1) is 0 Å². The molecular formula is C29H43N3O5S. The van der Waals surface area contributed by atoms with Crippen LogP contribution in [0.3, 0.4) is 0 Å². The number of azo groups is 1. The zero-order valence-corrected chi connectivity index (χ0v) is 23.7. The highest BCUT2D eigenvalue weighted by atomic mass is 32.2. The van der Waals surface area contributed by atoms with E-state index < -0.39 is 9.84 Å². The van der Waals surface area contributed by atoms with Gasteiger partial charge in [0.05, 0.1) is 28.6 Å². The SMILES string of the molecule is CCCCOC(=O)CCCCCN(C)c1ccc(/N=N/c2ccc(S(=O)(=O)CCCCCCO)cc2)cc1. The number of carbonyl (C=O) groups is 1. The Bertz CT molecular complexity index is 1070. The second-order valence-electron chi connectivity index (χ2n) is 9.47. The number of hydrogen-bond acceptors (Lipinski definition) is 8. The molecule has 1 N–H and O–H groups in total. The lowest BCUT2D eigenvalue weighted by atomic mass is 10.2. The summed E-state index contributed by atoms with van der Waals surface area (Å²) in [7, 11) is -1.28. The van der Waals surface area contributed by atoms with Crippen molar-refractivity contribution in [1.29, 1.82) is 0 Å². The van der Waals surface area contributed by atoms with Gasteiger partial charge in [-0.1, -0.05) is 32.6 Å². The Hall–Kier alpha value is -2.78. The first-order valence-corrected chi connectivity index (χ1v) is 15.3. The van der Waals surface area contributed by atoms with Crippen LogP contribution in [0.15, 0.2) is 63.7 Å². The zero-order chi connectivity index (χ0) is 27.6. The maximum atomic E-state index is 12.5. The van der Waals surface area contributed by atoms with E-state index >= 15 is 0 Å². The summed E-state index contributed by atoms with van der Waals surface area (Å²) in [6.45, 7) is 3.64. The largest absolute Gasteiger partial charge is 0.466 e. The molecule has 0 radical (unpaired) electrons. The van der Waals surface area contributed by atoms with Crippen LogP contribution >= 0.6 is 0 Å². The monoisotopic (exact) mass is 545 g/mol. The summed E-state index contributed by atoms with van der Waals surface area (Å²) >= 11 is 0. The van der Waals surface area contributed by atoms with E-state index in [1.54, 1.807) is 24.3 Å². The van der Waals surface area contributed by atoms with Gasteiger partial charge in [0.1, 0.15) is 0 Å². The minimum Gasteiger partial charge on any atom is -0.466 e. The van der Waals surface area contributed by atoms with Crippen LogP contribution in [0.1, 0.15) is 71.1 Å². The smallest absolute Gasteiger partial charge is 0.305 e. The van der Waals surface area contributed by atoms with Crippen molar-refractivity contribution < 1.29 is 23.1 Å². The Labute approximate surface area is 228 Å². The molecule has 0 saturated heterocycles. The Morgan fingerprint density at radius 2 is 1.45 bits per heavy atom. The molecule has 0 saturated carbocycles. The quantitative estimate of drug-likeness (QED) is 0.119. The van der Waals surface area contributed by atoms with Gasteiger partial charge in [0, 0.05) is 32.3 Å². The molecule has 0 spiro atoms. The number of carbonyl (C=O) groups excluding carboxylic acids is 1. The lowest BCUT2D eigenvalue weighted by Gasteiger charge is -2.19. The van der Waals surface area contributed by atoms with Crippen molar-refractivity contribution in [3.63, 3.8) is 0 Å². The molecule has 210 valence electrons. The van der Waals surface area contributed by atoms with Crippen molar-refractivity contribution >= 4 is 32.9 Å². The molecule has 0 bridgehead atoms. The van der Waals surface area contributed by atoms with Gasteiger partial charge in [-0.2, -0.15) is 10.2 Å². The van der Waals surface area contributed by atoms with Gasteiger partial charge in [-0.3, -0.25) is 4.79 Å². The second kappa shape index (κ2) is 17.7. The Balaban J connectivity index is 1.75. The average molecular weight is 546 g/mol. The number of esters is 1. The van der Waals surface area contributed by atoms with Gasteiger partial charge in [-0.25, -0.2) is 8.42 Å². The summed E-state index contributed by atoms with van der Waals surface area (Å²) in [4.78, 5) is 14.1. The van der Waals surface area contributed by atoms with Crippen molar-refractivity contribution in [2.24, 2.45) is 10.2 Å². The molecule has 2 aromatic rings. The van der Waals surface area contributed by atoms with Gasteiger partial charge in [0.2, 0.25) is 0 Å². The van der Waals surface area contributed by atoms with Crippen molar-refractivity contribution in [2.75, 3.05) is 37.5 Å². The van der Waals surface area contributed by atoms with Crippen molar-refractivity contribution in [3.8, 4) is 0 Å². The summed E-state index contributed by atoms with van der Waals surface area (Å²) in [6, 6.07) is 14.3. The third-order valence-corrected chi connectivity index (χ3v) is 8.04. The first-order chi connectivity index (χ1) is 18.4. The number of aliphatic hydroxyl groups excluding tert-OH is 1. The lowest BCUT2D eigenvalue weighted by Crippen LogP contribution is -2.18. The van der Waals surface area contributed by atoms with Gasteiger partial charge in [0.25, 0.3) is 0 Å². The number of unbranched alkanes of at least 4 members (excludes halogenated alkanes) is 6. The topological polar surface area (TPSA) is 109 Å². The number of sulfone groups is 1. The van der Waals surface area contributed by atoms with E-state index in [9.17, 15) is 13.2 Å². The highest BCUT2D eigenvalue weighted by Gasteiger charge is 2.13. The fourth-order valence-electron chi connectivity index (χ4n) is 3.81. The lowest BCUT2D eigenvalue weighted by molar-refractivity contribution is -0.143. The van der Waals surface area contributed by atoms with E-state index in [4.69, 9.17) is 9.84 Å². The molecule has 8 nitrogen and oxygen atoms in total. The maximum absolute atomic E-state index is 12.5. The van der Waals surface area contributed by atoms with Crippen LogP contribution in [0, 0.1) is 0 Å². The van der Waals surface area contributed by atoms with Gasteiger partial charge >= 0.3 is 5.97 Å². The third kappa shape index (κ3) is 12.2. The minimum absolute atomic E-state index is 0.0983. The minimum atomic E-state index is -3.32. The normalized spacial score (nSPS) is 11.7. The molecule has 0 atom stereocenters. The van der Waals surface area contributed by atoms with Gasteiger partial charge in [-0.05, 0) is 80.6 Å². The van der Waals surface area contributed by atoms with Crippen LogP contribution in [0.2, 0.25) is 0 Å². The Morgan fingerprint density at radius 3 is 2.08 bits per heavy atom. The fourth-order valence-corrected chi connectivity index (χ4v) is 5.18. The maximum Gasteiger partial charge on any atom is 0.305 e. The van der Waals surface area contributed by atoms with Crippen LogP contribution in [0.4, 0.5) is 17.1 Å². The molecule has 0 fully saturated rings. The van der Waals surface area contributed by atoms with E-state index in [0.717, 1.165) is 57.2 Å². The Morgan fingerprint density at radius 1 is 0.842 bits per heavy atom. The van der Waals surface area contributed by atoms with E-state index in [0.29, 0.717) is 37.2 Å². The third-order valence-electron chi connectivity index (χ3n) is 6.22. The van der Waals surface area contributed by atoms with Crippen molar-refractivity contribution in [3.05, 3.63) is 48.5 Å². The molecule has 0 aliphatic rings. The molecular weight excluding hydrogens is 502 g/mol. The first kappa shape index (κ1) is 31.4. The fraction of sp³-hybridized carbons (Fsp3) is 0.552. The van der Waals surface area contributed by atoms with Crippen LogP contribution in [-0.4, -0.2) is 52.1 Å². The second-order valence-corrected chi connectivity index (χ2v) is 11.6. The molecule has 0 amide bonds. The Kier molecular flexibility index (Phi) is 14.6. The average Bonchev–Trinajstić information content (AvgIpc) is 2.92. The molecule has 0 aliphatic carbocycles. The summed E-state index contributed by atoms with van der Waals surface area (Å²) in [6.07, 6.45) is 8.17. The molecule has 2 aromatic carbocycles. The summed E-state index contributed by atoms with van der Waals surface area (Å²) < 4.78 is 30.2. The number of hydrogen-bond donors (Lipinski definition) is 1. The van der Waals surface area contributed by atoms with Crippen molar-refractivity contribution in [1.82, 2.24) is 0 Å².